The van der Waals surface area contributed by atoms with Gasteiger partial charge < -0.3 is 4.74 Å². The lowest BCUT2D eigenvalue weighted by Gasteiger charge is -2.34. The highest BCUT2D eigenvalue weighted by Crippen LogP contribution is 2.36. The van der Waals surface area contributed by atoms with E-state index in [9.17, 15) is 0 Å². The third kappa shape index (κ3) is 4.11. The maximum Gasteiger partial charge on any atom is 0.0721 e. The fraction of sp³-hybridized carbons (Fsp3) is 0.600. The van der Waals surface area contributed by atoms with E-state index in [4.69, 9.17) is 4.74 Å². The van der Waals surface area contributed by atoms with E-state index < -0.39 is 0 Å². The predicted molar refractivity (Wildman–Crippen MR) is 75.0 cm³/mol. The molecule has 0 spiro atoms. The van der Waals surface area contributed by atoms with Gasteiger partial charge in [-0.3, -0.25) is 0 Å². The molecule has 1 aliphatic rings. The second-order valence-electron chi connectivity index (χ2n) is 5.80. The molecule has 0 atom stereocenters. The summed E-state index contributed by atoms with van der Waals surface area (Å²) in [6.45, 7) is 5.46. The molecule has 0 saturated heterocycles. The van der Waals surface area contributed by atoms with Gasteiger partial charge in [-0.2, -0.15) is 0 Å². The number of benzene rings is 1. The van der Waals surface area contributed by atoms with Gasteiger partial charge in [0, 0.05) is 4.47 Å². The first-order valence-electron chi connectivity index (χ1n) is 6.41. The van der Waals surface area contributed by atoms with Crippen molar-refractivity contribution < 1.29 is 4.74 Å². The molecule has 1 fully saturated rings. The summed E-state index contributed by atoms with van der Waals surface area (Å²) >= 11 is 3.49. The van der Waals surface area contributed by atoms with Crippen molar-refractivity contribution in [1.82, 2.24) is 0 Å². The summed E-state index contributed by atoms with van der Waals surface area (Å²) in [5, 5.41) is 0. The highest BCUT2D eigenvalue weighted by Gasteiger charge is 2.26. The fourth-order valence-electron chi connectivity index (χ4n) is 2.38. The average Bonchev–Trinajstić information content (AvgIpc) is 2.28. The van der Waals surface area contributed by atoms with E-state index in [-0.39, 0.29) is 0 Å². The van der Waals surface area contributed by atoms with Crippen LogP contribution in [0.4, 0.5) is 0 Å². The Hall–Kier alpha value is -0.340. The summed E-state index contributed by atoms with van der Waals surface area (Å²) in [5.74, 6) is 0. The molecule has 94 valence electrons. The minimum Gasteiger partial charge on any atom is -0.374 e. The lowest BCUT2D eigenvalue weighted by Crippen LogP contribution is -2.26. The molecule has 0 unspecified atom stereocenters. The lowest BCUT2D eigenvalue weighted by molar-refractivity contribution is -0.00560. The zero-order chi connectivity index (χ0) is 12.3. The Morgan fingerprint density at radius 2 is 2.00 bits per heavy atom. The van der Waals surface area contributed by atoms with Gasteiger partial charge >= 0.3 is 0 Å². The van der Waals surface area contributed by atoms with Gasteiger partial charge in [0.25, 0.3) is 0 Å². The molecule has 1 aromatic rings. The summed E-state index contributed by atoms with van der Waals surface area (Å²) in [4.78, 5) is 0. The Kier molecular flexibility index (Phi) is 4.26. The van der Waals surface area contributed by atoms with Crippen LogP contribution in [-0.2, 0) is 11.3 Å². The number of halogens is 1. The van der Waals surface area contributed by atoms with Crippen LogP contribution in [0.5, 0.6) is 0 Å². The van der Waals surface area contributed by atoms with Crippen LogP contribution < -0.4 is 0 Å². The molecular formula is C15H21BrO. The Balaban J connectivity index is 1.80. The van der Waals surface area contributed by atoms with Gasteiger partial charge in [0.15, 0.2) is 0 Å². The van der Waals surface area contributed by atoms with Crippen molar-refractivity contribution in [3.05, 3.63) is 34.3 Å². The van der Waals surface area contributed by atoms with Gasteiger partial charge in [0.2, 0.25) is 0 Å². The molecule has 17 heavy (non-hydrogen) atoms. The van der Waals surface area contributed by atoms with E-state index in [2.05, 4.69) is 48.0 Å². The molecule has 1 aliphatic carbocycles. The maximum absolute atomic E-state index is 6.00. The molecule has 0 heterocycles. The van der Waals surface area contributed by atoms with Gasteiger partial charge in [-0.15, -0.1) is 0 Å². The molecule has 0 aliphatic heterocycles. The largest absolute Gasteiger partial charge is 0.374 e. The Morgan fingerprint density at radius 1 is 1.29 bits per heavy atom. The molecule has 0 bridgehead atoms. The van der Waals surface area contributed by atoms with Crippen LogP contribution in [0.2, 0.25) is 0 Å². The van der Waals surface area contributed by atoms with Crippen molar-refractivity contribution in [3.8, 4) is 0 Å². The van der Waals surface area contributed by atoms with E-state index in [1.807, 2.05) is 6.07 Å². The van der Waals surface area contributed by atoms with Crippen LogP contribution in [0, 0.1) is 5.41 Å². The van der Waals surface area contributed by atoms with Gasteiger partial charge in [0.05, 0.1) is 12.7 Å². The van der Waals surface area contributed by atoms with Crippen molar-refractivity contribution >= 4 is 15.9 Å². The number of hydrogen-bond acceptors (Lipinski definition) is 1. The summed E-state index contributed by atoms with van der Waals surface area (Å²) in [6, 6.07) is 8.36. The molecule has 1 nitrogen and oxygen atoms in total. The van der Waals surface area contributed by atoms with Crippen LogP contribution in [0.1, 0.15) is 45.1 Å². The fourth-order valence-corrected chi connectivity index (χ4v) is 2.83. The molecule has 0 N–H and O–H groups in total. The first-order chi connectivity index (χ1) is 8.05. The second kappa shape index (κ2) is 5.53. The zero-order valence-electron chi connectivity index (χ0n) is 10.7. The molecule has 1 aromatic carbocycles. The van der Waals surface area contributed by atoms with E-state index >= 15 is 0 Å². The minimum atomic E-state index is 0.460. The molecule has 0 amide bonds. The van der Waals surface area contributed by atoms with Crippen molar-refractivity contribution in [1.29, 1.82) is 0 Å². The van der Waals surface area contributed by atoms with E-state index in [1.165, 1.54) is 31.2 Å². The highest BCUT2D eigenvalue weighted by atomic mass is 79.9. The van der Waals surface area contributed by atoms with E-state index in [0.29, 0.717) is 11.5 Å². The number of rotatable bonds is 3. The van der Waals surface area contributed by atoms with Crippen LogP contribution in [-0.4, -0.2) is 6.10 Å². The monoisotopic (exact) mass is 296 g/mol. The van der Waals surface area contributed by atoms with Crippen LogP contribution in [0.15, 0.2) is 28.7 Å². The van der Waals surface area contributed by atoms with Crippen LogP contribution >= 0.6 is 15.9 Å². The Labute approximate surface area is 113 Å². The average molecular weight is 297 g/mol. The molecular weight excluding hydrogens is 276 g/mol. The van der Waals surface area contributed by atoms with Crippen LogP contribution in [0.3, 0.4) is 0 Å². The van der Waals surface area contributed by atoms with Gasteiger partial charge in [-0.25, -0.2) is 0 Å². The van der Waals surface area contributed by atoms with Crippen molar-refractivity contribution in [3.63, 3.8) is 0 Å². The van der Waals surface area contributed by atoms with Crippen molar-refractivity contribution in [2.24, 2.45) is 5.41 Å². The summed E-state index contributed by atoms with van der Waals surface area (Å²) < 4.78 is 7.12. The molecule has 2 heteroatoms. The van der Waals surface area contributed by atoms with Gasteiger partial charge in [0.1, 0.15) is 0 Å². The molecule has 0 aromatic heterocycles. The summed E-state index contributed by atoms with van der Waals surface area (Å²) in [7, 11) is 0. The predicted octanol–water partition coefficient (Wildman–Crippen LogP) is 4.93. The standard InChI is InChI=1S/C15H21BrO/c1-15(2)8-6-14(7-9-15)17-11-12-4-3-5-13(16)10-12/h3-5,10,14H,6-9,11H2,1-2H3. The quantitative estimate of drug-likeness (QED) is 0.768. The number of hydrogen-bond donors (Lipinski definition) is 0. The zero-order valence-corrected chi connectivity index (χ0v) is 12.3. The third-order valence-corrected chi connectivity index (χ3v) is 4.15. The van der Waals surface area contributed by atoms with Crippen LogP contribution in [0.25, 0.3) is 0 Å². The maximum atomic E-state index is 6.00. The van der Waals surface area contributed by atoms with Crippen molar-refractivity contribution in [2.75, 3.05) is 0 Å². The summed E-state index contributed by atoms with van der Waals surface area (Å²) in [6.07, 6.45) is 5.45. The topological polar surface area (TPSA) is 9.23 Å². The van der Waals surface area contributed by atoms with Crippen molar-refractivity contribution in [2.45, 2.75) is 52.2 Å². The van der Waals surface area contributed by atoms with Gasteiger partial charge in [-0.1, -0.05) is 41.9 Å². The van der Waals surface area contributed by atoms with E-state index in [0.717, 1.165) is 11.1 Å². The SMILES string of the molecule is CC1(C)CCC(OCc2cccc(Br)c2)CC1. The molecule has 1 saturated carbocycles. The highest BCUT2D eigenvalue weighted by molar-refractivity contribution is 9.10. The number of ether oxygens (including phenoxy) is 1. The van der Waals surface area contributed by atoms with Gasteiger partial charge in [-0.05, 0) is 48.8 Å². The molecule has 0 radical (unpaired) electrons. The second-order valence-corrected chi connectivity index (χ2v) is 6.72. The first-order valence-corrected chi connectivity index (χ1v) is 7.20. The smallest absolute Gasteiger partial charge is 0.0721 e. The third-order valence-electron chi connectivity index (χ3n) is 3.66. The first kappa shape index (κ1) is 13.1. The minimum absolute atomic E-state index is 0.460. The Bertz CT molecular complexity index is 363. The summed E-state index contributed by atoms with van der Waals surface area (Å²) in [5.41, 5.74) is 1.78. The molecule has 2 rings (SSSR count). The lowest BCUT2D eigenvalue weighted by atomic mass is 9.76. The normalized spacial score (nSPS) is 20.4. The van der Waals surface area contributed by atoms with E-state index in [1.54, 1.807) is 0 Å². The Morgan fingerprint density at radius 3 is 2.65 bits per heavy atom.